The zero-order valence-electron chi connectivity index (χ0n) is 20.3. The van der Waals surface area contributed by atoms with E-state index in [0.29, 0.717) is 6.54 Å². The van der Waals surface area contributed by atoms with E-state index >= 15 is 0 Å². The predicted molar refractivity (Wildman–Crippen MR) is 131 cm³/mol. The molecule has 0 spiro atoms. The molecule has 36 heavy (non-hydrogen) atoms. The second-order valence-corrected chi connectivity index (χ2v) is 9.61. The molecule has 1 saturated heterocycles. The van der Waals surface area contributed by atoms with Gasteiger partial charge in [-0.15, -0.1) is 0 Å². The lowest BCUT2D eigenvalue weighted by Crippen LogP contribution is -2.45. The molecule has 3 aromatic rings. The summed E-state index contributed by atoms with van der Waals surface area (Å²) in [6.07, 6.45) is -0.796. The molecule has 1 N–H and O–H groups in total. The van der Waals surface area contributed by atoms with Crippen LogP contribution in [-0.4, -0.2) is 42.7 Å². The predicted octanol–water partition coefficient (Wildman–Crippen LogP) is 6.10. The molecular weight excluding hydrogens is 470 g/mol. The summed E-state index contributed by atoms with van der Waals surface area (Å²) in [4.78, 5) is 6.74. The number of para-hydroxylation sites is 1. The Labute approximate surface area is 209 Å². The van der Waals surface area contributed by atoms with Crippen molar-refractivity contribution in [1.29, 1.82) is 0 Å². The fourth-order valence-electron chi connectivity index (χ4n) is 4.55. The van der Waals surface area contributed by atoms with Crippen molar-refractivity contribution in [2.75, 3.05) is 32.8 Å². The molecule has 1 atom stereocenters. The molecule has 1 aliphatic rings. The highest BCUT2D eigenvalue weighted by Crippen LogP contribution is 2.36. The lowest BCUT2D eigenvalue weighted by molar-refractivity contribution is -0.139. The number of hydrogen-bond donors (Lipinski definition) is 1. The van der Waals surface area contributed by atoms with Gasteiger partial charge >= 0.3 is 6.18 Å². The van der Waals surface area contributed by atoms with E-state index in [9.17, 15) is 17.6 Å². The number of rotatable bonds is 9. The van der Waals surface area contributed by atoms with Crippen LogP contribution in [-0.2, 0) is 6.18 Å². The van der Waals surface area contributed by atoms with Crippen molar-refractivity contribution in [3.8, 4) is 5.75 Å². The Kier molecular flexibility index (Phi) is 8.26. The molecule has 4 nitrogen and oxygen atoms in total. The van der Waals surface area contributed by atoms with Gasteiger partial charge in [-0.25, -0.2) is 4.39 Å². The van der Waals surface area contributed by atoms with Gasteiger partial charge in [0.25, 0.3) is 0 Å². The van der Waals surface area contributed by atoms with Gasteiger partial charge in [-0.05, 0) is 73.3 Å². The Bertz CT molecular complexity index is 1100. The van der Waals surface area contributed by atoms with Crippen molar-refractivity contribution in [1.82, 2.24) is 15.2 Å². The maximum absolute atomic E-state index is 13.5. The SMILES string of the molecule is CC1(CN[C@@H](c2ccc(F)cc2)c2ccccn2)CCN(CCOc2ccccc2C(F)(F)F)CC1. The molecule has 0 saturated carbocycles. The summed E-state index contributed by atoms with van der Waals surface area (Å²) in [5, 5.41) is 3.65. The molecule has 0 bridgehead atoms. The first-order chi connectivity index (χ1) is 17.2. The average Bonchev–Trinajstić information content (AvgIpc) is 2.87. The molecule has 4 rings (SSSR count). The zero-order chi connectivity index (χ0) is 25.6. The van der Waals surface area contributed by atoms with Crippen LogP contribution < -0.4 is 10.1 Å². The first-order valence-electron chi connectivity index (χ1n) is 12.1. The van der Waals surface area contributed by atoms with Gasteiger partial charge in [-0.1, -0.05) is 37.3 Å². The highest BCUT2D eigenvalue weighted by Gasteiger charge is 2.34. The molecule has 8 heteroatoms. The third kappa shape index (κ3) is 6.83. The number of likely N-dealkylation sites (tertiary alicyclic amines) is 1. The molecule has 0 aliphatic carbocycles. The molecule has 0 radical (unpaired) electrons. The number of halogens is 4. The first kappa shape index (κ1) is 26.1. The van der Waals surface area contributed by atoms with Gasteiger partial charge in [-0.3, -0.25) is 9.88 Å². The highest BCUT2D eigenvalue weighted by molar-refractivity contribution is 5.35. The van der Waals surface area contributed by atoms with E-state index in [1.807, 2.05) is 18.2 Å². The van der Waals surface area contributed by atoms with E-state index in [1.165, 1.54) is 24.3 Å². The molecule has 1 fully saturated rings. The van der Waals surface area contributed by atoms with Crippen molar-refractivity contribution >= 4 is 0 Å². The van der Waals surface area contributed by atoms with E-state index in [2.05, 4.69) is 22.1 Å². The molecule has 0 unspecified atom stereocenters. The number of alkyl halides is 3. The minimum Gasteiger partial charge on any atom is -0.492 e. The van der Waals surface area contributed by atoms with Crippen molar-refractivity contribution in [3.05, 3.63) is 95.6 Å². The summed E-state index contributed by atoms with van der Waals surface area (Å²) in [6.45, 7) is 5.46. The minimum absolute atomic E-state index is 0.0489. The summed E-state index contributed by atoms with van der Waals surface area (Å²) in [5.41, 5.74) is 1.13. The fraction of sp³-hybridized carbons (Fsp3) is 0.393. The largest absolute Gasteiger partial charge is 0.492 e. The van der Waals surface area contributed by atoms with Crippen LogP contribution in [0.3, 0.4) is 0 Å². The molecule has 1 aromatic heterocycles. The van der Waals surface area contributed by atoms with Crippen LogP contribution in [0.2, 0.25) is 0 Å². The number of benzene rings is 2. The first-order valence-corrected chi connectivity index (χ1v) is 12.1. The molecule has 0 amide bonds. The minimum atomic E-state index is -4.43. The number of aromatic nitrogens is 1. The van der Waals surface area contributed by atoms with Crippen LogP contribution in [0.25, 0.3) is 0 Å². The second-order valence-electron chi connectivity index (χ2n) is 9.61. The molecule has 2 heterocycles. The van der Waals surface area contributed by atoms with Gasteiger partial charge in [-0.2, -0.15) is 13.2 Å². The maximum Gasteiger partial charge on any atom is 0.419 e. The number of piperidine rings is 1. The zero-order valence-corrected chi connectivity index (χ0v) is 20.3. The topological polar surface area (TPSA) is 37.4 Å². The van der Waals surface area contributed by atoms with Crippen LogP contribution in [0.15, 0.2) is 72.9 Å². The van der Waals surface area contributed by atoms with Crippen LogP contribution in [0.1, 0.15) is 42.6 Å². The van der Waals surface area contributed by atoms with Gasteiger partial charge < -0.3 is 10.1 Å². The van der Waals surface area contributed by atoms with Gasteiger partial charge in [0.05, 0.1) is 17.3 Å². The van der Waals surface area contributed by atoms with Crippen molar-refractivity contribution < 1.29 is 22.3 Å². The monoisotopic (exact) mass is 501 g/mol. The lowest BCUT2D eigenvalue weighted by atomic mass is 9.80. The summed E-state index contributed by atoms with van der Waals surface area (Å²) >= 11 is 0. The second kappa shape index (κ2) is 11.4. The van der Waals surface area contributed by atoms with E-state index in [1.54, 1.807) is 24.4 Å². The fourth-order valence-corrected chi connectivity index (χ4v) is 4.55. The number of hydrogen-bond acceptors (Lipinski definition) is 4. The maximum atomic E-state index is 13.5. The lowest BCUT2D eigenvalue weighted by Gasteiger charge is -2.40. The van der Waals surface area contributed by atoms with Gasteiger partial charge in [0.15, 0.2) is 0 Å². The van der Waals surface area contributed by atoms with Crippen molar-refractivity contribution in [3.63, 3.8) is 0 Å². The van der Waals surface area contributed by atoms with E-state index in [4.69, 9.17) is 4.74 Å². The van der Waals surface area contributed by atoms with E-state index < -0.39 is 11.7 Å². The molecular formula is C28H31F4N3O. The smallest absolute Gasteiger partial charge is 0.419 e. The summed E-state index contributed by atoms with van der Waals surface area (Å²) in [7, 11) is 0. The summed E-state index contributed by atoms with van der Waals surface area (Å²) < 4.78 is 58.5. The van der Waals surface area contributed by atoms with Gasteiger partial charge in [0.1, 0.15) is 18.2 Å². The average molecular weight is 502 g/mol. The molecule has 192 valence electrons. The normalized spacial score (nSPS) is 17.0. The quantitative estimate of drug-likeness (QED) is 0.360. The summed E-state index contributed by atoms with van der Waals surface area (Å²) in [6, 6.07) is 17.4. The Hall–Kier alpha value is -2.97. The Balaban J connectivity index is 1.30. The Morgan fingerprint density at radius 2 is 1.69 bits per heavy atom. The van der Waals surface area contributed by atoms with E-state index in [0.717, 1.165) is 49.8 Å². The number of pyridine rings is 1. The number of nitrogens with one attached hydrogen (secondary N) is 1. The van der Waals surface area contributed by atoms with Crippen LogP contribution in [0.5, 0.6) is 5.75 Å². The van der Waals surface area contributed by atoms with Gasteiger partial charge in [0, 0.05) is 19.3 Å². The van der Waals surface area contributed by atoms with Crippen molar-refractivity contribution in [2.24, 2.45) is 5.41 Å². The molecule has 1 aliphatic heterocycles. The Morgan fingerprint density at radius 1 is 1.00 bits per heavy atom. The standard InChI is InChI=1S/C28H31F4N3O/c1-27(20-34-26(24-7-4-5-15-33-24)21-9-11-22(29)12-10-21)13-16-35(17-14-27)18-19-36-25-8-3-2-6-23(25)28(30,31)32/h2-12,15,26,34H,13-14,16-20H2,1H3/t26-/m0/s1. The third-order valence-electron chi connectivity index (χ3n) is 6.84. The van der Waals surface area contributed by atoms with Crippen molar-refractivity contribution in [2.45, 2.75) is 32.0 Å². The van der Waals surface area contributed by atoms with Crippen LogP contribution >= 0.6 is 0 Å². The molecule has 2 aromatic carbocycles. The van der Waals surface area contributed by atoms with E-state index in [-0.39, 0.29) is 29.6 Å². The third-order valence-corrected chi connectivity index (χ3v) is 6.84. The van der Waals surface area contributed by atoms with Crippen LogP contribution in [0, 0.1) is 11.2 Å². The van der Waals surface area contributed by atoms with Crippen LogP contribution in [0.4, 0.5) is 17.6 Å². The number of ether oxygens (including phenoxy) is 1. The number of nitrogens with zero attached hydrogens (tertiary/aromatic N) is 2. The van der Waals surface area contributed by atoms with Gasteiger partial charge in [0.2, 0.25) is 0 Å². The highest BCUT2D eigenvalue weighted by atomic mass is 19.4. The summed E-state index contributed by atoms with van der Waals surface area (Å²) in [5.74, 6) is -0.402. The Morgan fingerprint density at radius 3 is 2.36 bits per heavy atom.